The molecule has 3 rings (SSSR count). The Hall–Kier alpha value is -3.04. The SMILES string of the molecule is CN(C)CCNc1nc(NCc2ccccc2Cl)cc(-c2cccc(OC(F)(F)F)c2)n1. The highest BCUT2D eigenvalue weighted by atomic mass is 35.5. The van der Waals surface area contributed by atoms with E-state index in [4.69, 9.17) is 11.6 Å². The van der Waals surface area contributed by atoms with Crippen molar-refractivity contribution >= 4 is 23.4 Å². The molecular weight excluding hydrogens is 443 g/mol. The average Bonchev–Trinajstić information content (AvgIpc) is 2.72. The molecule has 170 valence electrons. The number of halogens is 4. The molecule has 0 saturated heterocycles. The summed E-state index contributed by atoms with van der Waals surface area (Å²) in [4.78, 5) is 10.9. The van der Waals surface area contributed by atoms with Crippen molar-refractivity contribution in [2.75, 3.05) is 37.8 Å². The standard InChI is InChI=1S/C22H23ClF3N5O/c1-31(2)11-10-27-21-29-19(15-7-5-8-17(12-15)32-22(24,25)26)13-20(30-21)28-14-16-6-3-4-9-18(16)23/h3-9,12-13H,10-11,14H2,1-2H3,(H2,27,28,29,30). The van der Waals surface area contributed by atoms with Crippen LogP contribution < -0.4 is 15.4 Å². The van der Waals surface area contributed by atoms with Crippen LogP contribution in [-0.2, 0) is 6.54 Å². The van der Waals surface area contributed by atoms with Crippen LogP contribution in [0.3, 0.4) is 0 Å². The van der Waals surface area contributed by atoms with Gasteiger partial charge in [-0.15, -0.1) is 13.2 Å². The third kappa shape index (κ3) is 7.28. The van der Waals surface area contributed by atoms with Crippen molar-refractivity contribution < 1.29 is 17.9 Å². The molecule has 1 aromatic heterocycles. The first-order chi connectivity index (χ1) is 15.2. The smallest absolute Gasteiger partial charge is 0.406 e. The van der Waals surface area contributed by atoms with Crippen LogP contribution in [0.2, 0.25) is 5.02 Å². The fraction of sp³-hybridized carbons (Fsp3) is 0.273. The first-order valence-corrected chi connectivity index (χ1v) is 10.2. The number of nitrogens with one attached hydrogen (secondary N) is 2. The lowest BCUT2D eigenvalue weighted by Crippen LogP contribution is -2.21. The Bertz CT molecular complexity index is 1050. The Morgan fingerprint density at radius 3 is 2.50 bits per heavy atom. The number of likely N-dealkylation sites (N-methyl/N-ethyl adjacent to an activating group) is 1. The molecule has 10 heteroatoms. The van der Waals surface area contributed by atoms with E-state index in [0.717, 1.165) is 12.1 Å². The normalized spacial score (nSPS) is 11.5. The second-order valence-corrected chi connectivity index (χ2v) is 7.62. The number of hydrogen-bond acceptors (Lipinski definition) is 6. The topological polar surface area (TPSA) is 62.3 Å². The van der Waals surface area contributed by atoms with Gasteiger partial charge in [-0.05, 0) is 37.9 Å². The van der Waals surface area contributed by atoms with Crippen molar-refractivity contribution in [2.24, 2.45) is 0 Å². The maximum Gasteiger partial charge on any atom is 0.573 e. The van der Waals surface area contributed by atoms with Crippen molar-refractivity contribution in [3.63, 3.8) is 0 Å². The van der Waals surface area contributed by atoms with Crippen LogP contribution >= 0.6 is 11.6 Å². The first kappa shape index (κ1) is 23.6. The van der Waals surface area contributed by atoms with Crippen molar-refractivity contribution in [1.29, 1.82) is 0 Å². The summed E-state index contributed by atoms with van der Waals surface area (Å²) in [5.74, 6) is 0.541. The summed E-state index contributed by atoms with van der Waals surface area (Å²) < 4.78 is 41.9. The van der Waals surface area contributed by atoms with Gasteiger partial charge in [0.1, 0.15) is 11.6 Å². The molecule has 0 amide bonds. The van der Waals surface area contributed by atoms with E-state index in [1.807, 2.05) is 37.2 Å². The summed E-state index contributed by atoms with van der Waals surface area (Å²) in [5, 5.41) is 6.98. The van der Waals surface area contributed by atoms with Crippen LogP contribution in [0.4, 0.5) is 24.9 Å². The van der Waals surface area contributed by atoms with Gasteiger partial charge in [0.15, 0.2) is 0 Å². The summed E-state index contributed by atoms with van der Waals surface area (Å²) >= 11 is 6.22. The molecule has 0 unspecified atom stereocenters. The molecule has 2 N–H and O–H groups in total. The first-order valence-electron chi connectivity index (χ1n) is 9.81. The number of ether oxygens (including phenoxy) is 1. The largest absolute Gasteiger partial charge is 0.573 e. The summed E-state index contributed by atoms with van der Waals surface area (Å²) in [6.07, 6.45) is -4.77. The van der Waals surface area contributed by atoms with E-state index in [2.05, 4.69) is 25.3 Å². The molecule has 0 radical (unpaired) electrons. The van der Waals surface area contributed by atoms with Crippen LogP contribution in [0.15, 0.2) is 54.6 Å². The number of anilines is 2. The highest BCUT2D eigenvalue weighted by Crippen LogP contribution is 2.29. The molecule has 0 aliphatic rings. The Labute approximate surface area is 189 Å². The fourth-order valence-corrected chi connectivity index (χ4v) is 3.04. The molecule has 32 heavy (non-hydrogen) atoms. The van der Waals surface area contributed by atoms with Crippen LogP contribution in [0, 0.1) is 0 Å². The van der Waals surface area contributed by atoms with Crippen molar-refractivity contribution in [3.05, 3.63) is 65.2 Å². The number of rotatable bonds is 9. The van der Waals surface area contributed by atoms with Crippen molar-refractivity contribution in [1.82, 2.24) is 14.9 Å². The summed E-state index contributed by atoms with van der Waals surface area (Å²) in [7, 11) is 3.89. The van der Waals surface area contributed by atoms with Crippen molar-refractivity contribution in [3.8, 4) is 17.0 Å². The van der Waals surface area contributed by atoms with Crippen molar-refractivity contribution in [2.45, 2.75) is 12.9 Å². The minimum absolute atomic E-state index is 0.318. The molecule has 0 aliphatic carbocycles. The van der Waals surface area contributed by atoms with E-state index >= 15 is 0 Å². The second kappa shape index (κ2) is 10.5. The van der Waals surface area contributed by atoms with Crippen LogP contribution in [-0.4, -0.2) is 48.4 Å². The zero-order chi connectivity index (χ0) is 23.1. The lowest BCUT2D eigenvalue weighted by atomic mass is 10.1. The summed E-state index contributed by atoms with van der Waals surface area (Å²) in [6.45, 7) is 1.77. The van der Waals surface area contributed by atoms with Gasteiger partial charge < -0.3 is 20.3 Å². The van der Waals surface area contributed by atoms with Gasteiger partial charge in [0.05, 0.1) is 5.69 Å². The number of hydrogen-bond donors (Lipinski definition) is 2. The molecule has 0 atom stereocenters. The average molecular weight is 466 g/mol. The molecule has 6 nitrogen and oxygen atoms in total. The fourth-order valence-electron chi connectivity index (χ4n) is 2.84. The predicted molar refractivity (Wildman–Crippen MR) is 120 cm³/mol. The minimum Gasteiger partial charge on any atom is -0.406 e. The van der Waals surface area contributed by atoms with Crippen LogP contribution in [0.1, 0.15) is 5.56 Å². The highest BCUT2D eigenvalue weighted by Gasteiger charge is 2.31. The number of nitrogens with zero attached hydrogens (tertiary/aromatic N) is 3. The summed E-state index contributed by atoms with van der Waals surface area (Å²) in [5.41, 5.74) is 1.80. The number of benzene rings is 2. The minimum atomic E-state index is -4.77. The van der Waals surface area contributed by atoms with Gasteiger partial charge in [-0.25, -0.2) is 4.98 Å². The van der Waals surface area contributed by atoms with Gasteiger partial charge >= 0.3 is 6.36 Å². The van der Waals surface area contributed by atoms with Gasteiger partial charge in [-0.2, -0.15) is 4.98 Å². The Morgan fingerprint density at radius 1 is 1.00 bits per heavy atom. The van der Waals surface area contributed by atoms with E-state index in [1.54, 1.807) is 18.2 Å². The Kier molecular flexibility index (Phi) is 7.76. The maximum absolute atomic E-state index is 12.6. The monoisotopic (exact) mass is 465 g/mol. The maximum atomic E-state index is 12.6. The molecule has 0 aliphatic heterocycles. The number of aromatic nitrogens is 2. The predicted octanol–water partition coefficient (Wildman–Crippen LogP) is 5.28. The molecule has 1 heterocycles. The van der Waals surface area contributed by atoms with E-state index in [0.29, 0.717) is 41.1 Å². The molecule has 0 spiro atoms. The molecule has 0 saturated carbocycles. The molecule has 0 bridgehead atoms. The Balaban J connectivity index is 1.88. The van der Waals surface area contributed by atoms with Gasteiger partial charge in [-0.3, -0.25) is 0 Å². The third-order valence-electron chi connectivity index (χ3n) is 4.35. The van der Waals surface area contributed by atoms with E-state index < -0.39 is 6.36 Å². The van der Waals surface area contributed by atoms with E-state index in [1.165, 1.54) is 18.2 Å². The highest BCUT2D eigenvalue weighted by molar-refractivity contribution is 6.31. The van der Waals surface area contributed by atoms with Gasteiger partial charge in [-0.1, -0.05) is 41.9 Å². The van der Waals surface area contributed by atoms with Crippen LogP contribution in [0.5, 0.6) is 5.75 Å². The van der Waals surface area contributed by atoms with Gasteiger partial charge in [0.2, 0.25) is 5.95 Å². The molecular formula is C22H23ClF3N5O. The zero-order valence-corrected chi connectivity index (χ0v) is 18.3. The Morgan fingerprint density at radius 2 is 1.78 bits per heavy atom. The van der Waals surface area contributed by atoms with Crippen LogP contribution in [0.25, 0.3) is 11.3 Å². The van der Waals surface area contributed by atoms with Gasteiger partial charge in [0, 0.05) is 36.3 Å². The zero-order valence-electron chi connectivity index (χ0n) is 17.6. The molecule has 3 aromatic rings. The summed E-state index contributed by atoms with van der Waals surface area (Å²) in [6, 6.07) is 14.8. The molecule has 2 aromatic carbocycles. The third-order valence-corrected chi connectivity index (χ3v) is 4.72. The lowest BCUT2D eigenvalue weighted by Gasteiger charge is -2.14. The quantitative estimate of drug-likeness (QED) is 0.448. The van der Waals surface area contributed by atoms with E-state index in [9.17, 15) is 13.2 Å². The van der Waals surface area contributed by atoms with E-state index in [-0.39, 0.29) is 5.75 Å². The second-order valence-electron chi connectivity index (χ2n) is 7.21. The number of alkyl halides is 3. The lowest BCUT2D eigenvalue weighted by molar-refractivity contribution is -0.274. The van der Waals surface area contributed by atoms with Gasteiger partial charge in [0.25, 0.3) is 0 Å². The molecule has 0 fully saturated rings.